The number of rotatable bonds is 2. The van der Waals surface area contributed by atoms with Gasteiger partial charge in [0.05, 0.1) is 0 Å². The second-order valence-corrected chi connectivity index (χ2v) is 4.31. The molecule has 0 atom stereocenters. The van der Waals surface area contributed by atoms with Crippen LogP contribution < -0.4 is 0 Å². The SMILES string of the molecule is CC(C)C1=C(C(C)C)C(=O)N(C)C1=O. The lowest BCUT2D eigenvalue weighted by molar-refractivity contribution is -0.136. The minimum atomic E-state index is -0.131. The largest absolute Gasteiger partial charge is 0.278 e. The van der Waals surface area contributed by atoms with Crippen molar-refractivity contribution in [2.75, 3.05) is 7.05 Å². The van der Waals surface area contributed by atoms with Crippen LogP contribution in [0.25, 0.3) is 0 Å². The van der Waals surface area contributed by atoms with Gasteiger partial charge < -0.3 is 0 Å². The highest BCUT2D eigenvalue weighted by atomic mass is 16.2. The normalized spacial score (nSPS) is 18.1. The van der Waals surface area contributed by atoms with Crippen LogP contribution in [0, 0.1) is 11.8 Å². The molecule has 0 bridgehead atoms. The lowest BCUT2D eigenvalue weighted by Crippen LogP contribution is -2.28. The highest BCUT2D eigenvalue weighted by Crippen LogP contribution is 2.30. The van der Waals surface area contributed by atoms with E-state index < -0.39 is 0 Å². The molecule has 0 unspecified atom stereocenters. The maximum Gasteiger partial charge on any atom is 0.257 e. The quantitative estimate of drug-likeness (QED) is 0.627. The molecule has 0 spiro atoms. The Morgan fingerprint density at radius 2 is 1.14 bits per heavy atom. The molecule has 0 saturated heterocycles. The fourth-order valence-electron chi connectivity index (χ4n) is 1.80. The number of nitrogens with zero attached hydrogens (tertiary/aromatic N) is 1. The molecule has 0 radical (unpaired) electrons. The molecule has 0 aliphatic carbocycles. The van der Waals surface area contributed by atoms with Crippen LogP contribution >= 0.6 is 0 Å². The zero-order chi connectivity index (χ0) is 11.0. The third-order valence-corrected chi connectivity index (χ3v) is 2.51. The number of amides is 2. The first-order valence-electron chi connectivity index (χ1n) is 4.94. The Bertz CT molecular complexity index is 283. The van der Waals surface area contributed by atoms with Gasteiger partial charge in [-0.15, -0.1) is 0 Å². The lowest BCUT2D eigenvalue weighted by atomic mass is 9.92. The standard InChI is InChI=1S/C11H17NO2/c1-6(2)8-9(7(3)4)11(14)12(5)10(8)13/h6-7H,1-5H3. The van der Waals surface area contributed by atoms with E-state index in [0.29, 0.717) is 11.1 Å². The predicted molar refractivity (Wildman–Crippen MR) is 54.5 cm³/mol. The molecule has 0 aromatic carbocycles. The van der Waals surface area contributed by atoms with E-state index in [1.807, 2.05) is 27.7 Å². The van der Waals surface area contributed by atoms with Crippen LogP contribution in [0.3, 0.4) is 0 Å². The van der Waals surface area contributed by atoms with Gasteiger partial charge in [0, 0.05) is 18.2 Å². The van der Waals surface area contributed by atoms with Crippen molar-refractivity contribution in [1.82, 2.24) is 4.90 Å². The zero-order valence-electron chi connectivity index (χ0n) is 9.42. The molecule has 0 fully saturated rings. The summed E-state index contributed by atoms with van der Waals surface area (Å²) in [6.45, 7) is 7.79. The van der Waals surface area contributed by atoms with Crippen LogP contribution in [0.4, 0.5) is 0 Å². The minimum absolute atomic E-state index is 0.119. The van der Waals surface area contributed by atoms with Gasteiger partial charge in [0.2, 0.25) is 0 Å². The molecule has 2 amide bonds. The summed E-state index contributed by atoms with van der Waals surface area (Å²) in [5, 5.41) is 0. The maximum absolute atomic E-state index is 11.7. The van der Waals surface area contributed by atoms with Gasteiger partial charge >= 0.3 is 0 Å². The molecule has 3 nitrogen and oxygen atoms in total. The van der Waals surface area contributed by atoms with Crippen LogP contribution in [0.2, 0.25) is 0 Å². The second kappa shape index (κ2) is 3.56. The molecular weight excluding hydrogens is 178 g/mol. The van der Waals surface area contributed by atoms with Crippen molar-refractivity contribution in [3.63, 3.8) is 0 Å². The van der Waals surface area contributed by atoms with E-state index in [2.05, 4.69) is 0 Å². The number of imide groups is 1. The second-order valence-electron chi connectivity index (χ2n) is 4.31. The summed E-state index contributed by atoms with van der Waals surface area (Å²) in [7, 11) is 1.54. The van der Waals surface area contributed by atoms with Gasteiger partial charge in [-0.25, -0.2) is 0 Å². The molecule has 3 heteroatoms. The molecular formula is C11H17NO2. The summed E-state index contributed by atoms with van der Waals surface area (Å²) in [5.74, 6) is -0.0231. The topological polar surface area (TPSA) is 37.4 Å². The van der Waals surface area contributed by atoms with Gasteiger partial charge in [-0.1, -0.05) is 27.7 Å². The van der Waals surface area contributed by atoms with Gasteiger partial charge in [0.1, 0.15) is 0 Å². The highest BCUT2D eigenvalue weighted by Gasteiger charge is 2.37. The van der Waals surface area contributed by atoms with Gasteiger partial charge in [0.15, 0.2) is 0 Å². The Labute approximate surface area is 84.8 Å². The number of hydrogen-bond acceptors (Lipinski definition) is 2. The molecule has 0 saturated carbocycles. The Morgan fingerprint density at radius 3 is 1.36 bits per heavy atom. The lowest BCUT2D eigenvalue weighted by Gasteiger charge is -2.08. The Hall–Kier alpha value is -1.12. The highest BCUT2D eigenvalue weighted by molar-refractivity contribution is 6.19. The van der Waals surface area contributed by atoms with Gasteiger partial charge in [-0.2, -0.15) is 0 Å². The average Bonchev–Trinajstić information content (AvgIpc) is 2.29. The monoisotopic (exact) mass is 195 g/mol. The van der Waals surface area contributed by atoms with E-state index in [4.69, 9.17) is 0 Å². The van der Waals surface area contributed by atoms with Crippen LogP contribution in [0.5, 0.6) is 0 Å². The van der Waals surface area contributed by atoms with Gasteiger partial charge in [-0.3, -0.25) is 14.5 Å². The van der Waals surface area contributed by atoms with E-state index in [-0.39, 0.29) is 23.7 Å². The van der Waals surface area contributed by atoms with Crippen molar-refractivity contribution >= 4 is 11.8 Å². The van der Waals surface area contributed by atoms with Crippen molar-refractivity contribution in [2.24, 2.45) is 11.8 Å². The van der Waals surface area contributed by atoms with Crippen LogP contribution in [-0.4, -0.2) is 23.8 Å². The maximum atomic E-state index is 11.7. The van der Waals surface area contributed by atoms with E-state index in [9.17, 15) is 9.59 Å². The summed E-state index contributed by atoms with van der Waals surface area (Å²) in [5.41, 5.74) is 1.38. The molecule has 0 aromatic rings. The molecule has 1 rings (SSSR count). The fourth-order valence-corrected chi connectivity index (χ4v) is 1.80. The van der Waals surface area contributed by atoms with Crippen molar-refractivity contribution in [1.29, 1.82) is 0 Å². The molecule has 1 aliphatic rings. The minimum Gasteiger partial charge on any atom is -0.278 e. The summed E-state index contributed by atoms with van der Waals surface area (Å²) < 4.78 is 0. The van der Waals surface area contributed by atoms with Gasteiger partial charge in [-0.05, 0) is 11.8 Å². The Balaban J connectivity index is 3.26. The predicted octanol–water partition coefficient (Wildman–Crippen LogP) is 1.59. The number of hydrogen-bond donors (Lipinski definition) is 0. The van der Waals surface area contributed by atoms with Gasteiger partial charge in [0.25, 0.3) is 11.8 Å². The van der Waals surface area contributed by atoms with E-state index in [0.717, 1.165) is 0 Å². The first-order valence-corrected chi connectivity index (χ1v) is 4.94. The first kappa shape index (κ1) is 11.0. The number of likely N-dealkylation sites (N-methyl/N-ethyl adjacent to an activating group) is 1. The number of carbonyl (C=O) groups excluding carboxylic acids is 2. The Morgan fingerprint density at radius 1 is 0.857 bits per heavy atom. The van der Waals surface area contributed by atoms with Crippen LogP contribution in [-0.2, 0) is 9.59 Å². The molecule has 1 aliphatic heterocycles. The zero-order valence-corrected chi connectivity index (χ0v) is 9.42. The first-order chi connectivity index (χ1) is 6.37. The van der Waals surface area contributed by atoms with E-state index in [1.165, 1.54) is 4.90 Å². The third-order valence-electron chi connectivity index (χ3n) is 2.51. The smallest absolute Gasteiger partial charge is 0.257 e. The van der Waals surface area contributed by atoms with E-state index >= 15 is 0 Å². The number of carbonyl (C=O) groups is 2. The Kier molecular flexibility index (Phi) is 2.79. The summed E-state index contributed by atoms with van der Waals surface area (Å²) in [4.78, 5) is 24.7. The molecule has 0 aromatic heterocycles. The molecule has 78 valence electrons. The molecule has 14 heavy (non-hydrogen) atoms. The van der Waals surface area contributed by atoms with Crippen molar-refractivity contribution in [2.45, 2.75) is 27.7 Å². The molecule has 1 heterocycles. The molecule has 0 N–H and O–H groups in total. The fraction of sp³-hybridized carbons (Fsp3) is 0.636. The van der Waals surface area contributed by atoms with Crippen molar-refractivity contribution in [3.8, 4) is 0 Å². The van der Waals surface area contributed by atoms with Crippen LogP contribution in [0.1, 0.15) is 27.7 Å². The van der Waals surface area contributed by atoms with Crippen molar-refractivity contribution in [3.05, 3.63) is 11.1 Å². The van der Waals surface area contributed by atoms with E-state index in [1.54, 1.807) is 7.05 Å². The summed E-state index contributed by atoms with van der Waals surface area (Å²) >= 11 is 0. The summed E-state index contributed by atoms with van der Waals surface area (Å²) in [6, 6.07) is 0. The van der Waals surface area contributed by atoms with Crippen molar-refractivity contribution < 1.29 is 9.59 Å². The van der Waals surface area contributed by atoms with Crippen LogP contribution in [0.15, 0.2) is 11.1 Å². The third kappa shape index (κ3) is 1.47. The average molecular weight is 195 g/mol. The summed E-state index contributed by atoms with van der Waals surface area (Å²) in [6.07, 6.45) is 0.